The molecule has 2 rings (SSSR count). The van der Waals surface area contributed by atoms with Gasteiger partial charge in [-0.25, -0.2) is 0 Å². The number of methoxy groups -OCH3 is 1. The first kappa shape index (κ1) is 22.9. The molecule has 148 valence electrons. The molecule has 2 unspecified atom stereocenters. The summed E-state index contributed by atoms with van der Waals surface area (Å²) in [4.78, 5) is 7.13. The summed E-state index contributed by atoms with van der Waals surface area (Å²) >= 11 is 0. The number of nitrogens with one attached hydrogen (secondary N) is 1. The zero-order valence-electron chi connectivity index (χ0n) is 15.8. The normalized spacial score (nSPS) is 25.1. The topological polar surface area (TPSA) is 66.3 Å². The number of aliphatic hydroxyl groups is 1. The summed E-state index contributed by atoms with van der Waals surface area (Å²) < 4.78 is 11.0. The average molecular weight is 469 g/mol. The highest BCUT2D eigenvalue weighted by Crippen LogP contribution is 2.25. The molecule has 2 fully saturated rings. The van der Waals surface area contributed by atoms with Crippen molar-refractivity contribution in [2.45, 2.75) is 57.7 Å². The van der Waals surface area contributed by atoms with Crippen LogP contribution >= 0.6 is 24.0 Å². The molecule has 7 heteroatoms. The number of nitrogens with zero attached hydrogens (tertiary/aromatic N) is 2. The van der Waals surface area contributed by atoms with E-state index in [1.165, 1.54) is 0 Å². The molecule has 1 saturated heterocycles. The third-order valence-electron chi connectivity index (χ3n) is 5.02. The molecule has 0 aromatic rings. The number of aliphatic hydroxyl groups excluding tert-OH is 1. The van der Waals surface area contributed by atoms with Crippen molar-refractivity contribution in [3.8, 4) is 0 Å². The lowest BCUT2D eigenvalue weighted by molar-refractivity contribution is 0.00988. The van der Waals surface area contributed by atoms with Gasteiger partial charge < -0.3 is 24.8 Å². The number of hydrogen-bond acceptors (Lipinski definition) is 4. The van der Waals surface area contributed by atoms with Crippen molar-refractivity contribution in [1.29, 1.82) is 0 Å². The Balaban J connectivity index is 0.00000312. The van der Waals surface area contributed by atoms with Crippen LogP contribution in [0.3, 0.4) is 0 Å². The molecule has 2 aliphatic rings. The fourth-order valence-corrected chi connectivity index (χ4v) is 3.55. The highest BCUT2D eigenvalue weighted by atomic mass is 127. The third-order valence-corrected chi connectivity index (χ3v) is 5.02. The zero-order valence-corrected chi connectivity index (χ0v) is 18.1. The standard InChI is InChI=1S/C18H35N3O3.HI/c1-3-19-18(20-14-15-6-4-7-17(15)22)21-10-8-16(9-11-21)24-13-5-12-23-2;/h15-17,22H,3-14H2,1-2H3,(H,19,20);1H. The van der Waals surface area contributed by atoms with Crippen LogP contribution in [0.1, 0.15) is 45.4 Å². The van der Waals surface area contributed by atoms with Gasteiger partial charge in [-0.1, -0.05) is 6.42 Å². The van der Waals surface area contributed by atoms with Gasteiger partial charge >= 0.3 is 0 Å². The molecular formula is C18H36IN3O3. The third kappa shape index (κ3) is 7.97. The molecule has 1 aliphatic carbocycles. The lowest BCUT2D eigenvalue weighted by Crippen LogP contribution is -2.47. The molecule has 0 radical (unpaired) electrons. The molecule has 0 amide bonds. The van der Waals surface area contributed by atoms with Crippen molar-refractivity contribution in [2.24, 2.45) is 10.9 Å². The molecule has 0 aromatic carbocycles. The van der Waals surface area contributed by atoms with Crippen molar-refractivity contribution < 1.29 is 14.6 Å². The molecule has 2 atom stereocenters. The molecular weight excluding hydrogens is 433 g/mol. The van der Waals surface area contributed by atoms with E-state index in [-0.39, 0.29) is 30.1 Å². The fourth-order valence-electron chi connectivity index (χ4n) is 3.55. The predicted octanol–water partition coefficient (Wildman–Crippen LogP) is 2.25. The highest BCUT2D eigenvalue weighted by molar-refractivity contribution is 14.0. The van der Waals surface area contributed by atoms with Crippen LogP contribution in [0.4, 0.5) is 0 Å². The Hall–Kier alpha value is -0.120. The van der Waals surface area contributed by atoms with Gasteiger partial charge in [0.05, 0.1) is 12.2 Å². The van der Waals surface area contributed by atoms with E-state index >= 15 is 0 Å². The van der Waals surface area contributed by atoms with E-state index in [4.69, 9.17) is 14.5 Å². The number of guanidine groups is 1. The molecule has 0 bridgehead atoms. The van der Waals surface area contributed by atoms with Gasteiger partial charge in [-0.2, -0.15) is 0 Å². The minimum absolute atomic E-state index is 0. The zero-order chi connectivity index (χ0) is 17.2. The van der Waals surface area contributed by atoms with Gasteiger partial charge in [0, 0.05) is 52.4 Å². The van der Waals surface area contributed by atoms with Crippen molar-refractivity contribution >= 4 is 29.9 Å². The summed E-state index contributed by atoms with van der Waals surface area (Å²) in [6.45, 7) is 7.22. The molecule has 1 aliphatic heterocycles. The summed E-state index contributed by atoms with van der Waals surface area (Å²) in [5, 5.41) is 13.4. The first-order valence-electron chi connectivity index (χ1n) is 9.56. The van der Waals surface area contributed by atoms with E-state index in [1.807, 2.05) is 0 Å². The maximum Gasteiger partial charge on any atom is 0.193 e. The van der Waals surface area contributed by atoms with E-state index in [0.29, 0.717) is 12.0 Å². The van der Waals surface area contributed by atoms with E-state index in [2.05, 4.69) is 17.1 Å². The molecule has 6 nitrogen and oxygen atoms in total. The Labute approximate surface area is 169 Å². The molecule has 25 heavy (non-hydrogen) atoms. The van der Waals surface area contributed by atoms with E-state index in [1.54, 1.807) is 7.11 Å². The van der Waals surface area contributed by atoms with Gasteiger partial charge in [-0.05, 0) is 39.0 Å². The minimum Gasteiger partial charge on any atom is -0.393 e. The first-order chi connectivity index (χ1) is 11.7. The smallest absolute Gasteiger partial charge is 0.193 e. The van der Waals surface area contributed by atoms with Crippen LogP contribution < -0.4 is 5.32 Å². The fraction of sp³-hybridized carbons (Fsp3) is 0.944. The van der Waals surface area contributed by atoms with E-state index in [0.717, 1.165) is 83.9 Å². The van der Waals surface area contributed by atoms with Crippen LogP contribution in [0, 0.1) is 5.92 Å². The maximum atomic E-state index is 9.97. The molecule has 0 spiro atoms. The summed E-state index contributed by atoms with van der Waals surface area (Å²) in [5.74, 6) is 1.33. The number of rotatable bonds is 8. The second kappa shape index (κ2) is 13.1. The number of piperidine rings is 1. The molecule has 0 aromatic heterocycles. The number of ether oxygens (including phenoxy) is 2. The second-order valence-electron chi connectivity index (χ2n) is 6.86. The van der Waals surface area contributed by atoms with E-state index in [9.17, 15) is 5.11 Å². The van der Waals surface area contributed by atoms with Gasteiger partial charge in [-0.15, -0.1) is 24.0 Å². The van der Waals surface area contributed by atoms with Crippen molar-refractivity contribution in [2.75, 3.05) is 46.5 Å². The number of hydrogen-bond donors (Lipinski definition) is 2. The van der Waals surface area contributed by atoms with Crippen LogP contribution in [-0.4, -0.2) is 74.7 Å². The Bertz CT molecular complexity index is 377. The molecule has 1 heterocycles. The Kier molecular flexibility index (Phi) is 12.0. The second-order valence-corrected chi connectivity index (χ2v) is 6.86. The van der Waals surface area contributed by atoms with Crippen molar-refractivity contribution in [1.82, 2.24) is 10.2 Å². The van der Waals surface area contributed by atoms with Crippen molar-refractivity contribution in [3.05, 3.63) is 0 Å². The number of aliphatic imine (C=N–C) groups is 1. The van der Waals surface area contributed by atoms with Crippen molar-refractivity contribution in [3.63, 3.8) is 0 Å². The average Bonchev–Trinajstić information content (AvgIpc) is 3.01. The monoisotopic (exact) mass is 469 g/mol. The van der Waals surface area contributed by atoms with Crippen LogP contribution in [0.25, 0.3) is 0 Å². The van der Waals surface area contributed by atoms with Crippen LogP contribution in [0.15, 0.2) is 4.99 Å². The van der Waals surface area contributed by atoms with Gasteiger partial charge in [0.2, 0.25) is 0 Å². The number of halogens is 1. The van der Waals surface area contributed by atoms with Crippen LogP contribution in [-0.2, 0) is 9.47 Å². The number of likely N-dealkylation sites (tertiary alicyclic amines) is 1. The SMILES string of the molecule is CCNC(=NCC1CCCC1O)N1CCC(OCCCOC)CC1.I. The largest absolute Gasteiger partial charge is 0.393 e. The van der Waals surface area contributed by atoms with Gasteiger partial charge in [0.1, 0.15) is 0 Å². The van der Waals surface area contributed by atoms with Gasteiger partial charge in [-0.3, -0.25) is 4.99 Å². The lowest BCUT2D eigenvalue weighted by Gasteiger charge is -2.34. The Morgan fingerprint density at radius 2 is 1.96 bits per heavy atom. The Morgan fingerprint density at radius 1 is 1.20 bits per heavy atom. The predicted molar refractivity (Wildman–Crippen MR) is 112 cm³/mol. The summed E-state index contributed by atoms with van der Waals surface area (Å²) in [6.07, 6.45) is 6.41. The van der Waals surface area contributed by atoms with Gasteiger partial charge in [0.25, 0.3) is 0 Å². The summed E-state index contributed by atoms with van der Waals surface area (Å²) in [5.41, 5.74) is 0. The lowest BCUT2D eigenvalue weighted by atomic mass is 10.1. The minimum atomic E-state index is -0.164. The molecule has 2 N–H and O–H groups in total. The summed E-state index contributed by atoms with van der Waals surface area (Å²) in [6, 6.07) is 0. The van der Waals surface area contributed by atoms with Crippen LogP contribution in [0.5, 0.6) is 0 Å². The van der Waals surface area contributed by atoms with E-state index < -0.39 is 0 Å². The summed E-state index contributed by atoms with van der Waals surface area (Å²) in [7, 11) is 1.73. The van der Waals surface area contributed by atoms with Gasteiger partial charge in [0.15, 0.2) is 5.96 Å². The first-order valence-corrected chi connectivity index (χ1v) is 9.56. The quantitative estimate of drug-likeness (QED) is 0.247. The van der Waals surface area contributed by atoms with Crippen LogP contribution in [0.2, 0.25) is 0 Å². The Morgan fingerprint density at radius 3 is 2.56 bits per heavy atom. The maximum absolute atomic E-state index is 9.97. The molecule has 1 saturated carbocycles. The highest BCUT2D eigenvalue weighted by Gasteiger charge is 2.26.